The fraction of sp³-hybridized carbons (Fsp3) is 0.167. The van der Waals surface area contributed by atoms with E-state index in [1.165, 1.54) is 0 Å². The summed E-state index contributed by atoms with van der Waals surface area (Å²) in [5.74, 6) is 1.49. The number of nitrogens with two attached hydrogens (primary N) is 1. The minimum Gasteiger partial charge on any atom is -0.437 e. The number of anilines is 2. The number of aromatic nitrogens is 3. The number of ether oxygens (including phenoxy) is 1. The number of hydrogen-bond donors (Lipinski definition) is 2. The lowest BCUT2D eigenvalue weighted by Gasteiger charge is -2.16. The maximum Gasteiger partial charge on any atom is 0.228 e. The third-order valence-corrected chi connectivity index (χ3v) is 5.33. The molecule has 0 saturated heterocycles. The molecule has 1 saturated carbocycles. The number of nitrogens with one attached hydrogen (secondary N) is 1. The predicted molar refractivity (Wildman–Crippen MR) is 120 cm³/mol. The van der Waals surface area contributed by atoms with E-state index in [4.69, 9.17) is 10.5 Å². The van der Waals surface area contributed by atoms with E-state index in [0.29, 0.717) is 22.9 Å². The normalized spacial score (nSPS) is 13.2. The molecule has 2 aromatic heterocycles. The van der Waals surface area contributed by atoms with Crippen molar-refractivity contribution in [3.8, 4) is 22.9 Å². The van der Waals surface area contributed by atoms with Gasteiger partial charge in [0.05, 0.1) is 11.3 Å². The number of amides is 1. The highest BCUT2D eigenvalue weighted by Crippen LogP contribution is 2.39. The van der Waals surface area contributed by atoms with Gasteiger partial charge in [-0.05, 0) is 49.6 Å². The summed E-state index contributed by atoms with van der Waals surface area (Å²) in [6.45, 7) is 1.98. The van der Waals surface area contributed by atoms with Crippen molar-refractivity contribution in [1.82, 2.24) is 15.0 Å². The van der Waals surface area contributed by atoms with Crippen LogP contribution in [0.3, 0.4) is 0 Å². The van der Waals surface area contributed by atoms with Crippen molar-refractivity contribution in [3.05, 3.63) is 66.5 Å². The number of hydrogen-bond acceptors (Lipinski definition) is 6. The third kappa shape index (κ3) is 3.77. The summed E-state index contributed by atoms with van der Waals surface area (Å²) in [5.41, 5.74) is 8.84. The Morgan fingerprint density at radius 3 is 2.71 bits per heavy atom. The van der Waals surface area contributed by atoms with E-state index in [2.05, 4.69) is 20.3 Å². The lowest BCUT2D eigenvalue weighted by molar-refractivity contribution is -0.117. The van der Waals surface area contributed by atoms with Gasteiger partial charge in [0, 0.05) is 34.8 Å². The van der Waals surface area contributed by atoms with Crippen molar-refractivity contribution in [3.63, 3.8) is 0 Å². The van der Waals surface area contributed by atoms with Crippen LogP contribution in [0.25, 0.3) is 22.0 Å². The van der Waals surface area contributed by atoms with Gasteiger partial charge < -0.3 is 15.8 Å². The minimum absolute atomic E-state index is 0.0731. The van der Waals surface area contributed by atoms with Crippen LogP contribution >= 0.6 is 0 Å². The molecule has 154 valence electrons. The molecule has 5 rings (SSSR count). The van der Waals surface area contributed by atoms with Gasteiger partial charge in [0.25, 0.3) is 0 Å². The summed E-state index contributed by atoms with van der Waals surface area (Å²) in [5, 5.41) is 4.87. The summed E-state index contributed by atoms with van der Waals surface area (Å²) in [7, 11) is 0. The van der Waals surface area contributed by atoms with Crippen LogP contribution in [0, 0.1) is 12.8 Å². The summed E-state index contributed by atoms with van der Waals surface area (Å²) in [6.07, 6.45) is 5.19. The highest BCUT2D eigenvalue weighted by atomic mass is 16.5. The van der Waals surface area contributed by atoms with Crippen molar-refractivity contribution in [2.45, 2.75) is 19.8 Å². The first-order chi connectivity index (χ1) is 15.1. The molecule has 7 heteroatoms. The van der Waals surface area contributed by atoms with Crippen molar-refractivity contribution < 1.29 is 9.53 Å². The summed E-state index contributed by atoms with van der Waals surface area (Å²) in [6, 6.07) is 15.3. The van der Waals surface area contributed by atoms with Crippen LogP contribution in [0.2, 0.25) is 0 Å². The summed E-state index contributed by atoms with van der Waals surface area (Å²) in [4.78, 5) is 25.0. The fourth-order valence-corrected chi connectivity index (χ4v) is 3.55. The predicted octanol–water partition coefficient (Wildman–Crippen LogP) is 4.72. The molecule has 1 amide bonds. The number of carbonyl (C=O) groups is 1. The highest BCUT2D eigenvalue weighted by molar-refractivity contribution is 6.05. The zero-order chi connectivity index (χ0) is 21.4. The molecule has 31 heavy (non-hydrogen) atoms. The Morgan fingerprint density at radius 2 is 1.90 bits per heavy atom. The van der Waals surface area contributed by atoms with Gasteiger partial charge in [-0.25, -0.2) is 15.0 Å². The number of fused-ring (bicyclic) bond motifs is 1. The molecular formula is C24H21N5O2. The van der Waals surface area contributed by atoms with Crippen LogP contribution in [0.5, 0.6) is 11.6 Å². The molecular weight excluding hydrogens is 390 g/mol. The minimum atomic E-state index is 0.0731. The van der Waals surface area contributed by atoms with Gasteiger partial charge in [0.2, 0.25) is 17.7 Å². The Labute approximate surface area is 179 Å². The molecule has 1 aliphatic rings. The average molecular weight is 411 g/mol. The molecule has 7 nitrogen and oxygen atoms in total. The first-order valence-corrected chi connectivity index (χ1v) is 10.1. The maximum atomic E-state index is 12.3. The molecule has 0 unspecified atom stereocenters. The molecule has 0 atom stereocenters. The Morgan fingerprint density at radius 1 is 1.03 bits per heavy atom. The van der Waals surface area contributed by atoms with Gasteiger partial charge in [0.15, 0.2) is 0 Å². The van der Waals surface area contributed by atoms with E-state index in [-0.39, 0.29) is 17.8 Å². The second-order valence-electron chi connectivity index (χ2n) is 7.63. The van der Waals surface area contributed by atoms with Gasteiger partial charge in [-0.1, -0.05) is 24.3 Å². The maximum absolute atomic E-state index is 12.3. The molecule has 2 aromatic carbocycles. The number of rotatable bonds is 5. The number of benzene rings is 2. The molecule has 0 bridgehead atoms. The largest absolute Gasteiger partial charge is 0.437 e. The van der Waals surface area contributed by atoms with Crippen LogP contribution in [-0.2, 0) is 4.79 Å². The van der Waals surface area contributed by atoms with Gasteiger partial charge in [-0.3, -0.25) is 4.79 Å². The number of nitrogen functional groups attached to an aromatic ring is 1. The van der Waals surface area contributed by atoms with Gasteiger partial charge in [-0.15, -0.1) is 0 Å². The Bertz CT molecular complexity index is 1300. The van der Waals surface area contributed by atoms with Crippen LogP contribution < -0.4 is 15.8 Å². The Hall–Kier alpha value is -4.00. The van der Waals surface area contributed by atoms with E-state index in [1.807, 2.05) is 49.4 Å². The topological polar surface area (TPSA) is 103 Å². The fourth-order valence-electron chi connectivity index (χ4n) is 3.55. The first kappa shape index (κ1) is 19.0. The van der Waals surface area contributed by atoms with Crippen LogP contribution in [0.15, 0.2) is 60.9 Å². The van der Waals surface area contributed by atoms with Crippen molar-refractivity contribution >= 4 is 28.3 Å². The quantitative estimate of drug-likeness (QED) is 0.492. The zero-order valence-corrected chi connectivity index (χ0v) is 17.0. The zero-order valence-electron chi connectivity index (χ0n) is 17.0. The van der Waals surface area contributed by atoms with Gasteiger partial charge >= 0.3 is 0 Å². The number of nitrogens with zero attached hydrogens (tertiary/aromatic N) is 3. The Kier molecular flexibility index (Phi) is 4.71. The second kappa shape index (κ2) is 7.68. The monoisotopic (exact) mass is 411 g/mol. The molecule has 1 fully saturated rings. The van der Waals surface area contributed by atoms with E-state index in [1.54, 1.807) is 18.5 Å². The van der Waals surface area contributed by atoms with Gasteiger partial charge in [0.1, 0.15) is 5.75 Å². The van der Waals surface area contributed by atoms with Gasteiger partial charge in [-0.2, -0.15) is 0 Å². The summed E-state index contributed by atoms with van der Waals surface area (Å²) < 4.78 is 6.34. The molecule has 1 aliphatic carbocycles. The molecule has 2 heterocycles. The van der Waals surface area contributed by atoms with Crippen molar-refractivity contribution in [2.75, 3.05) is 11.1 Å². The molecule has 0 spiro atoms. The third-order valence-electron chi connectivity index (χ3n) is 5.33. The number of pyridine rings is 1. The standard InChI is InChI=1S/C24H21N5O2/c1-14-7-10-16-17(4-2-6-19(16)28-22(30)15-8-9-15)21(14)31-23-18(5-3-12-26-23)20-11-13-27-24(25)29-20/h2-7,10-13,15H,8-9H2,1H3,(H,28,30)(H2,25,27,29). The Balaban J connectivity index is 1.57. The average Bonchev–Trinajstić information content (AvgIpc) is 3.62. The first-order valence-electron chi connectivity index (χ1n) is 10.1. The SMILES string of the molecule is Cc1ccc2c(NC(=O)C3CC3)cccc2c1Oc1ncccc1-c1ccnc(N)n1. The number of carbonyl (C=O) groups excluding carboxylic acids is 1. The van der Waals surface area contributed by atoms with E-state index >= 15 is 0 Å². The molecule has 3 N–H and O–H groups in total. The lowest BCUT2D eigenvalue weighted by atomic mass is 10.0. The molecule has 0 aliphatic heterocycles. The molecule has 4 aromatic rings. The van der Waals surface area contributed by atoms with Crippen LogP contribution in [0.1, 0.15) is 18.4 Å². The van der Waals surface area contributed by atoms with E-state index in [0.717, 1.165) is 34.9 Å². The van der Waals surface area contributed by atoms with E-state index < -0.39 is 0 Å². The van der Waals surface area contributed by atoms with Crippen molar-refractivity contribution in [2.24, 2.45) is 5.92 Å². The second-order valence-corrected chi connectivity index (χ2v) is 7.63. The van der Waals surface area contributed by atoms with Crippen molar-refractivity contribution in [1.29, 1.82) is 0 Å². The van der Waals surface area contributed by atoms with Crippen LogP contribution in [0.4, 0.5) is 11.6 Å². The van der Waals surface area contributed by atoms with E-state index in [9.17, 15) is 4.79 Å². The summed E-state index contributed by atoms with van der Waals surface area (Å²) >= 11 is 0. The van der Waals surface area contributed by atoms with Crippen LogP contribution in [-0.4, -0.2) is 20.9 Å². The lowest BCUT2D eigenvalue weighted by Crippen LogP contribution is -2.13. The molecule has 0 radical (unpaired) electrons. The smallest absolute Gasteiger partial charge is 0.228 e. The number of aryl methyl sites for hydroxylation is 1. The highest BCUT2D eigenvalue weighted by Gasteiger charge is 2.30.